The van der Waals surface area contributed by atoms with Crippen molar-refractivity contribution in [2.75, 3.05) is 25.0 Å². The van der Waals surface area contributed by atoms with E-state index < -0.39 is 6.03 Å². The average Bonchev–Trinajstić information content (AvgIpc) is 2.74. The highest BCUT2D eigenvalue weighted by atomic mass is 35.5. The first kappa shape index (κ1) is 22.8. The first-order chi connectivity index (χ1) is 14.9. The van der Waals surface area contributed by atoms with Crippen molar-refractivity contribution in [3.05, 3.63) is 70.5 Å². The number of hydrogen-bond donors (Lipinski definition) is 2. The Morgan fingerprint density at radius 3 is 2.65 bits per heavy atom. The third kappa shape index (κ3) is 6.29. The summed E-state index contributed by atoms with van der Waals surface area (Å²) in [5, 5.41) is 2.97. The fourth-order valence-corrected chi connectivity index (χ4v) is 3.89. The Hall–Kier alpha value is -2.90. The number of nitrogens with two attached hydrogens (primary N) is 1. The molecule has 1 aliphatic rings. The Bertz CT molecular complexity index is 965. The van der Waals surface area contributed by atoms with E-state index >= 15 is 0 Å². The van der Waals surface area contributed by atoms with Crippen LogP contribution in [0.5, 0.6) is 0 Å². The number of amides is 3. The van der Waals surface area contributed by atoms with Crippen molar-refractivity contribution in [3.63, 3.8) is 0 Å². The first-order valence-electron chi connectivity index (χ1n) is 10.2. The van der Waals surface area contributed by atoms with Crippen molar-refractivity contribution in [3.8, 4) is 0 Å². The SMILES string of the molecule is CC[C@@H]1CN(Cc2ccc(F)cc2)CCN1C(=O)C=Cc1ccc(Cl)cc1NC(N)=O. The van der Waals surface area contributed by atoms with Crippen LogP contribution in [-0.4, -0.2) is 47.4 Å². The van der Waals surface area contributed by atoms with Gasteiger partial charge in [-0.3, -0.25) is 9.69 Å². The third-order valence-corrected chi connectivity index (χ3v) is 5.55. The molecule has 1 aliphatic heterocycles. The third-order valence-electron chi connectivity index (χ3n) is 5.32. The van der Waals surface area contributed by atoms with Crippen molar-refractivity contribution in [2.45, 2.75) is 25.9 Å². The van der Waals surface area contributed by atoms with Gasteiger partial charge in [-0.25, -0.2) is 9.18 Å². The summed E-state index contributed by atoms with van der Waals surface area (Å²) in [6.45, 7) is 4.88. The second kappa shape index (κ2) is 10.4. The first-order valence-corrected chi connectivity index (χ1v) is 10.5. The number of nitrogens with one attached hydrogen (secondary N) is 1. The standard InChI is InChI=1S/C23H26ClFN4O2/c1-2-20-15-28(14-16-3-8-19(25)9-4-16)11-12-29(20)22(30)10-6-17-5-7-18(24)13-21(17)27-23(26)31/h3-10,13,20H,2,11-12,14-15H2,1H3,(H3,26,27,31)/t20-/m1/s1. The fraction of sp³-hybridized carbons (Fsp3) is 0.304. The van der Waals surface area contributed by atoms with Gasteiger partial charge in [0.2, 0.25) is 5.91 Å². The number of piperazine rings is 1. The van der Waals surface area contributed by atoms with Gasteiger partial charge in [-0.2, -0.15) is 0 Å². The molecular formula is C23H26ClFN4O2. The van der Waals surface area contributed by atoms with E-state index in [9.17, 15) is 14.0 Å². The van der Waals surface area contributed by atoms with Crippen LogP contribution in [0.3, 0.4) is 0 Å². The summed E-state index contributed by atoms with van der Waals surface area (Å²) < 4.78 is 13.1. The van der Waals surface area contributed by atoms with E-state index in [1.807, 2.05) is 4.90 Å². The zero-order valence-electron chi connectivity index (χ0n) is 17.4. The molecule has 0 bridgehead atoms. The van der Waals surface area contributed by atoms with Crippen LogP contribution < -0.4 is 11.1 Å². The molecule has 1 fully saturated rings. The molecule has 1 heterocycles. The number of carbonyl (C=O) groups excluding carboxylic acids is 2. The van der Waals surface area contributed by atoms with Crippen LogP contribution in [0.4, 0.5) is 14.9 Å². The van der Waals surface area contributed by atoms with Gasteiger partial charge in [0.1, 0.15) is 5.82 Å². The number of carbonyl (C=O) groups is 2. The summed E-state index contributed by atoms with van der Waals surface area (Å²) in [7, 11) is 0. The van der Waals surface area contributed by atoms with Crippen LogP contribution in [0, 0.1) is 5.82 Å². The molecule has 8 heteroatoms. The lowest BCUT2D eigenvalue weighted by atomic mass is 10.1. The van der Waals surface area contributed by atoms with Gasteiger partial charge in [0.15, 0.2) is 0 Å². The maximum absolute atomic E-state index is 13.1. The Balaban J connectivity index is 1.65. The molecule has 0 radical (unpaired) electrons. The molecule has 164 valence electrons. The topological polar surface area (TPSA) is 78.7 Å². The van der Waals surface area contributed by atoms with Crippen LogP contribution >= 0.6 is 11.6 Å². The Labute approximate surface area is 186 Å². The Kier molecular flexibility index (Phi) is 7.65. The maximum atomic E-state index is 13.1. The Morgan fingerprint density at radius 1 is 1.23 bits per heavy atom. The number of primary amides is 1. The van der Waals surface area contributed by atoms with Crippen molar-refractivity contribution in [1.29, 1.82) is 0 Å². The second-order valence-electron chi connectivity index (χ2n) is 7.51. The van der Waals surface area contributed by atoms with Gasteiger partial charge >= 0.3 is 6.03 Å². The van der Waals surface area contributed by atoms with Gasteiger partial charge in [-0.1, -0.05) is 36.7 Å². The average molecular weight is 445 g/mol. The molecule has 0 aromatic heterocycles. The molecule has 1 atom stereocenters. The summed E-state index contributed by atoms with van der Waals surface area (Å²) in [6, 6.07) is 10.9. The quantitative estimate of drug-likeness (QED) is 0.658. The molecule has 0 spiro atoms. The van der Waals surface area contributed by atoms with E-state index in [1.165, 1.54) is 18.2 Å². The van der Waals surface area contributed by atoms with E-state index in [1.54, 1.807) is 36.4 Å². The van der Waals surface area contributed by atoms with Crippen LogP contribution in [0.2, 0.25) is 5.02 Å². The van der Waals surface area contributed by atoms with Gasteiger partial charge in [0, 0.05) is 43.3 Å². The summed E-state index contributed by atoms with van der Waals surface area (Å²) in [6.07, 6.45) is 3.99. The molecular weight excluding hydrogens is 419 g/mol. The zero-order chi connectivity index (χ0) is 22.4. The minimum atomic E-state index is -0.702. The number of benzene rings is 2. The van der Waals surface area contributed by atoms with Gasteiger partial charge in [-0.05, 0) is 47.9 Å². The molecule has 3 amide bonds. The molecule has 0 unspecified atom stereocenters. The molecule has 31 heavy (non-hydrogen) atoms. The largest absolute Gasteiger partial charge is 0.351 e. The number of urea groups is 1. The monoisotopic (exact) mass is 444 g/mol. The van der Waals surface area contributed by atoms with Crippen molar-refractivity contribution < 1.29 is 14.0 Å². The van der Waals surface area contributed by atoms with Gasteiger partial charge in [-0.15, -0.1) is 0 Å². The smallest absolute Gasteiger partial charge is 0.316 e. The number of hydrogen-bond acceptors (Lipinski definition) is 3. The van der Waals surface area contributed by atoms with Crippen LogP contribution in [-0.2, 0) is 11.3 Å². The number of halogens is 2. The van der Waals surface area contributed by atoms with E-state index in [4.69, 9.17) is 17.3 Å². The number of nitrogens with zero attached hydrogens (tertiary/aromatic N) is 2. The van der Waals surface area contributed by atoms with E-state index in [0.29, 0.717) is 22.8 Å². The predicted molar refractivity (Wildman–Crippen MR) is 121 cm³/mol. The minimum Gasteiger partial charge on any atom is -0.351 e. The Morgan fingerprint density at radius 2 is 1.97 bits per heavy atom. The van der Waals surface area contributed by atoms with Gasteiger partial charge in [0.25, 0.3) is 0 Å². The zero-order valence-corrected chi connectivity index (χ0v) is 18.1. The minimum absolute atomic E-state index is 0.0831. The maximum Gasteiger partial charge on any atom is 0.316 e. The van der Waals surface area contributed by atoms with Gasteiger partial charge in [0.05, 0.1) is 5.69 Å². The van der Waals surface area contributed by atoms with Crippen LogP contribution in [0.25, 0.3) is 6.08 Å². The lowest BCUT2D eigenvalue weighted by Crippen LogP contribution is -2.54. The normalized spacial score (nSPS) is 17.1. The van der Waals surface area contributed by atoms with Gasteiger partial charge < -0.3 is 16.0 Å². The molecule has 3 rings (SSSR count). The molecule has 3 N–H and O–H groups in total. The fourth-order valence-electron chi connectivity index (χ4n) is 3.72. The van der Waals surface area contributed by atoms with E-state index in [2.05, 4.69) is 17.1 Å². The van der Waals surface area contributed by atoms with E-state index in [0.717, 1.165) is 31.6 Å². The van der Waals surface area contributed by atoms with Crippen molar-refractivity contribution >= 4 is 35.3 Å². The lowest BCUT2D eigenvalue weighted by molar-refractivity contribution is -0.131. The predicted octanol–water partition coefficient (Wildman–Crippen LogP) is 4.11. The van der Waals surface area contributed by atoms with Crippen LogP contribution in [0.1, 0.15) is 24.5 Å². The highest BCUT2D eigenvalue weighted by Gasteiger charge is 2.28. The van der Waals surface area contributed by atoms with Crippen molar-refractivity contribution in [1.82, 2.24) is 9.80 Å². The molecule has 2 aromatic rings. The lowest BCUT2D eigenvalue weighted by Gasteiger charge is -2.41. The second-order valence-corrected chi connectivity index (χ2v) is 7.95. The van der Waals surface area contributed by atoms with E-state index in [-0.39, 0.29) is 17.8 Å². The molecule has 2 aromatic carbocycles. The molecule has 6 nitrogen and oxygen atoms in total. The number of anilines is 1. The van der Waals surface area contributed by atoms with Crippen LogP contribution in [0.15, 0.2) is 48.5 Å². The molecule has 0 saturated carbocycles. The summed E-state index contributed by atoms with van der Waals surface area (Å²) >= 11 is 5.99. The highest BCUT2D eigenvalue weighted by molar-refractivity contribution is 6.31. The molecule has 1 saturated heterocycles. The molecule has 0 aliphatic carbocycles. The summed E-state index contributed by atoms with van der Waals surface area (Å²) in [5.74, 6) is -0.333. The van der Waals surface area contributed by atoms with Crippen molar-refractivity contribution in [2.24, 2.45) is 5.73 Å². The number of rotatable bonds is 6. The summed E-state index contributed by atoms with van der Waals surface area (Å²) in [5.41, 5.74) is 7.34. The summed E-state index contributed by atoms with van der Waals surface area (Å²) in [4.78, 5) is 28.3. The highest BCUT2D eigenvalue weighted by Crippen LogP contribution is 2.23.